The van der Waals surface area contributed by atoms with Crippen LogP contribution in [0.15, 0.2) is 0 Å². The first kappa shape index (κ1) is 10.2. The largest absolute Gasteiger partial charge is 0.303 e. The Labute approximate surface area is 108 Å². The lowest BCUT2D eigenvalue weighted by Crippen LogP contribution is -2.41. The molecule has 0 saturated heterocycles. The van der Waals surface area contributed by atoms with E-state index in [1.807, 2.05) is 0 Å². The van der Waals surface area contributed by atoms with Gasteiger partial charge in [0.05, 0.1) is 0 Å². The van der Waals surface area contributed by atoms with E-state index in [4.69, 9.17) is 0 Å². The van der Waals surface area contributed by atoms with Crippen molar-refractivity contribution in [3.63, 3.8) is 0 Å². The molecule has 0 spiro atoms. The van der Waals surface area contributed by atoms with Crippen molar-refractivity contribution in [3.8, 4) is 0 Å². The molecule has 0 aromatic rings. The van der Waals surface area contributed by atoms with Gasteiger partial charge in [-0.3, -0.25) is 0 Å². The molecule has 18 heavy (non-hydrogen) atoms. The van der Waals surface area contributed by atoms with Crippen LogP contribution in [0.1, 0.15) is 25.7 Å². The summed E-state index contributed by atoms with van der Waals surface area (Å²) in [6.45, 7) is 0. The van der Waals surface area contributed by atoms with Crippen molar-refractivity contribution in [1.29, 1.82) is 0 Å². The molecule has 0 aromatic carbocycles. The number of hydrogen-bond acceptors (Lipinski definition) is 2. The molecule has 4 unspecified atom stereocenters. The Morgan fingerprint density at radius 1 is 0.667 bits per heavy atom. The SMILES string of the molecule is O=CCC1C2CC3C(CC=O)C4CC1C1C2C3C41. The fourth-order valence-electron chi connectivity index (χ4n) is 7.82. The van der Waals surface area contributed by atoms with Gasteiger partial charge in [-0.25, -0.2) is 0 Å². The topological polar surface area (TPSA) is 34.1 Å². The lowest BCUT2D eigenvalue weighted by Gasteiger charge is -2.44. The van der Waals surface area contributed by atoms with E-state index < -0.39 is 0 Å². The van der Waals surface area contributed by atoms with Crippen LogP contribution in [-0.4, -0.2) is 12.6 Å². The Morgan fingerprint density at radius 2 is 1.00 bits per heavy atom. The minimum absolute atomic E-state index is 0.720. The zero-order chi connectivity index (χ0) is 12.0. The fraction of sp³-hybridized carbons (Fsp3) is 0.875. The molecule has 4 atom stereocenters. The number of carbonyl (C=O) groups excluding carboxylic acids is 2. The molecule has 0 aromatic heterocycles. The first-order valence-corrected chi connectivity index (χ1v) is 7.74. The van der Waals surface area contributed by atoms with Crippen LogP contribution in [0.3, 0.4) is 0 Å². The van der Waals surface area contributed by atoms with E-state index >= 15 is 0 Å². The summed E-state index contributed by atoms with van der Waals surface area (Å²) in [5.41, 5.74) is 0. The molecule has 2 nitrogen and oxygen atoms in total. The number of rotatable bonds is 4. The summed E-state index contributed by atoms with van der Waals surface area (Å²) in [6, 6.07) is 0. The molecule has 5 rings (SSSR count). The van der Waals surface area contributed by atoms with Gasteiger partial charge in [-0.1, -0.05) is 0 Å². The van der Waals surface area contributed by atoms with Crippen LogP contribution in [0.5, 0.6) is 0 Å². The Hall–Kier alpha value is -0.660. The normalized spacial score (nSPS) is 65.1. The van der Waals surface area contributed by atoms with Crippen LogP contribution in [-0.2, 0) is 9.59 Å². The fourth-order valence-corrected chi connectivity index (χ4v) is 7.82. The lowest BCUT2D eigenvalue weighted by molar-refractivity contribution is -0.109. The first-order chi connectivity index (χ1) is 8.86. The van der Waals surface area contributed by atoms with Gasteiger partial charge in [0.2, 0.25) is 0 Å². The van der Waals surface area contributed by atoms with E-state index in [0.717, 1.165) is 72.0 Å². The van der Waals surface area contributed by atoms with Crippen molar-refractivity contribution >= 4 is 12.6 Å². The van der Waals surface area contributed by atoms with Gasteiger partial charge in [-0.05, 0) is 72.0 Å². The summed E-state index contributed by atoms with van der Waals surface area (Å²) in [6.07, 6.45) is 6.69. The molecule has 0 amide bonds. The highest BCUT2D eigenvalue weighted by Gasteiger charge is 2.78. The highest BCUT2D eigenvalue weighted by molar-refractivity contribution is 5.52. The Bertz CT molecular complexity index is 355. The maximum atomic E-state index is 11.0. The third kappa shape index (κ3) is 0.838. The predicted octanol–water partition coefficient (Wildman–Crippen LogP) is 2.17. The molecule has 5 saturated carbocycles. The van der Waals surface area contributed by atoms with Gasteiger partial charge in [0.1, 0.15) is 12.6 Å². The summed E-state index contributed by atoms with van der Waals surface area (Å²) < 4.78 is 0. The van der Waals surface area contributed by atoms with Crippen molar-refractivity contribution in [1.82, 2.24) is 0 Å². The Kier molecular flexibility index (Phi) is 1.74. The highest BCUT2D eigenvalue weighted by Crippen LogP contribution is 2.82. The van der Waals surface area contributed by atoms with E-state index in [1.54, 1.807) is 0 Å². The number of carbonyl (C=O) groups is 2. The second-order valence-electron chi connectivity index (χ2n) is 7.57. The average molecular weight is 244 g/mol. The van der Waals surface area contributed by atoms with Gasteiger partial charge in [0, 0.05) is 12.8 Å². The van der Waals surface area contributed by atoms with Gasteiger partial charge < -0.3 is 9.59 Å². The Balaban J connectivity index is 1.56. The monoisotopic (exact) mass is 244 g/mol. The van der Waals surface area contributed by atoms with Gasteiger partial charge in [-0.15, -0.1) is 0 Å². The zero-order valence-electron chi connectivity index (χ0n) is 10.6. The zero-order valence-corrected chi connectivity index (χ0v) is 10.6. The van der Waals surface area contributed by atoms with Crippen molar-refractivity contribution in [2.45, 2.75) is 25.7 Å². The number of aldehydes is 2. The molecule has 0 heterocycles. The van der Waals surface area contributed by atoms with Crippen molar-refractivity contribution in [2.24, 2.45) is 59.2 Å². The molecule has 0 aliphatic heterocycles. The van der Waals surface area contributed by atoms with Crippen LogP contribution in [0.2, 0.25) is 0 Å². The van der Waals surface area contributed by atoms with Crippen molar-refractivity contribution < 1.29 is 9.59 Å². The summed E-state index contributed by atoms with van der Waals surface area (Å²) in [7, 11) is 0. The third-order valence-electron chi connectivity index (χ3n) is 7.78. The highest BCUT2D eigenvalue weighted by atomic mass is 16.1. The molecular weight excluding hydrogens is 224 g/mol. The molecule has 5 aliphatic rings. The first-order valence-electron chi connectivity index (χ1n) is 7.74. The molecular formula is C16H20O2. The van der Waals surface area contributed by atoms with Crippen LogP contribution >= 0.6 is 0 Å². The molecule has 0 radical (unpaired) electrons. The van der Waals surface area contributed by atoms with E-state index in [-0.39, 0.29) is 0 Å². The Morgan fingerprint density at radius 3 is 1.28 bits per heavy atom. The van der Waals surface area contributed by atoms with Crippen molar-refractivity contribution in [2.75, 3.05) is 0 Å². The number of hydrogen-bond donors (Lipinski definition) is 0. The second-order valence-corrected chi connectivity index (χ2v) is 7.57. The standard InChI is InChI=1S/C16H20O2/c17-3-1-7-9-5-11-8(2-4-18)12-6-10(7)14-13(9)15(11)16(12)14/h3-4,7-16H,1-2,5-6H2. The average Bonchev–Trinajstić information content (AvgIpc) is 2.92. The van der Waals surface area contributed by atoms with Crippen LogP contribution in [0.25, 0.3) is 0 Å². The smallest absolute Gasteiger partial charge is 0.120 e. The molecule has 0 N–H and O–H groups in total. The molecule has 5 fully saturated rings. The second kappa shape index (κ2) is 3.08. The van der Waals surface area contributed by atoms with E-state index in [1.165, 1.54) is 25.4 Å². The summed E-state index contributed by atoms with van der Waals surface area (Å²) in [5, 5.41) is 0. The summed E-state index contributed by atoms with van der Waals surface area (Å²) >= 11 is 0. The van der Waals surface area contributed by atoms with Crippen LogP contribution in [0.4, 0.5) is 0 Å². The van der Waals surface area contributed by atoms with Gasteiger partial charge in [0.15, 0.2) is 0 Å². The van der Waals surface area contributed by atoms with Gasteiger partial charge in [-0.2, -0.15) is 0 Å². The van der Waals surface area contributed by atoms with Crippen LogP contribution in [0, 0.1) is 59.2 Å². The maximum Gasteiger partial charge on any atom is 0.120 e. The third-order valence-corrected chi connectivity index (χ3v) is 7.78. The van der Waals surface area contributed by atoms with E-state index in [9.17, 15) is 9.59 Å². The summed E-state index contributed by atoms with van der Waals surface area (Å²) in [4.78, 5) is 21.9. The maximum absolute atomic E-state index is 11.0. The molecule has 5 aliphatic carbocycles. The van der Waals surface area contributed by atoms with Gasteiger partial charge in [0.25, 0.3) is 0 Å². The van der Waals surface area contributed by atoms with E-state index in [2.05, 4.69) is 0 Å². The van der Waals surface area contributed by atoms with Crippen LogP contribution < -0.4 is 0 Å². The lowest BCUT2D eigenvalue weighted by atomic mass is 9.60. The quantitative estimate of drug-likeness (QED) is 0.710. The van der Waals surface area contributed by atoms with E-state index in [0.29, 0.717) is 0 Å². The molecule has 2 heteroatoms. The minimum atomic E-state index is 0.720. The molecule has 96 valence electrons. The summed E-state index contributed by atoms with van der Waals surface area (Å²) in [5.74, 6) is 8.73. The van der Waals surface area contributed by atoms with Crippen molar-refractivity contribution in [3.05, 3.63) is 0 Å². The minimum Gasteiger partial charge on any atom is -0.303 e. The van der Waals surface area contributed by atoms with Gasteiger partial charge >= 0.3 is 0 Å². The predicted molar refractivity (Wildman–Crippen MR) is 65.5 cm³/mol. The molecule has 0 bridgehead atoms.